The number of nitrogens with zero attached hydrogens (tertiary/aromatic N) is 3. The van der Waals surface area contributed by atoms with Crippen LogP contribution in [0.1, 0.15) is 58.4 Å². The largest absolute Gasteiger partial charge is 0.434 e. The van der Waals surface area contributed by atoms with E-state index in [0.29, 0.717) is 33.5 Å². The van der Waals surface area contributed by atoms with Gasteiger partial charge in [0.2, 0.25) is 0 Å². The number of amides is 1. The molecule has 2 aliphatic heterocycles. The van der Waals surface area contributed by atoms with Crippen molar-refractivity contribution >= 4 is 47.6 Å². The van der Waals surface area contributed by atoms with Crippen molar-refractivity contribution in [3.63, 3.8) is 0 Å². The van der Waals surface area contributed by atoms with E-state index in [0.717, 1.165) is 4.90 Å². The number of carbonyl (C=O) groups is 1. The summed E-state index contributed by atoms with van der Waals surface area (Å²) in [6.45, 7) is 1.89. The van der Waals surface area contributed by atoms with Crippen molar-refractivity contribution in [3.05, 3.63) is 82.9 Å². The monoisotopic (exact) mass is 583 g/mol. The Morgan fingerprint density at radius 1 is 1.05 bits per heavy atom. The maximum Gasteiger partial charge on any atom is 0.387 e. The number of aromatic nitrogens is 2. The normalized spacial score (nSPS) is 19.1. The first-order chi connectivity index (χ1) is 19.7. The quantitative estimate of drug-likeness (QED) is 0.215. The van der Waals surface area contributed by atoms with Crippen LogP contribution in [0.15, 0.2) is 54.6 Å². The highest BCUT2D eigenvalue weighted by atomic mass is 31.2. The molecule has 3 aromatic carbocycles. The van der Waals surface area contributed by atoms with Gasteiger partial charge in [0.15, 0.2) is 0 Å². The molecule has 208 valence electrons. The molecule has 0 saturated carbocycles. The van der Waals surface area contributed by atoms with Crippen molar-refractivity contribution < 1.29 is 27.3 Å². The van der Waals surface area contributed by atoms with Crippen LogP contribution in [-0.4, -0.2) is 69.1 Å². The fourth-order valence-corrected chi connectivity index (χ4v) is 6.99. The number of benzene rings is 3. The number of alkyl halides is 2. The molecular formula is C29H24B3F3N3O3P. The van der Waals surface area contributed by atoms with E-state index in [1.165, 1.54) is 24.3 Å². The molecule has 0 N–H and O–H groups in total. The SMILES string of the molecule is [B]C([B])([B])N1C(=O)c2cccc(OC(F)F)c2C2CC1c1nc3ccc(-c4ccc(C(C)P(C)(C)=O)c(F)c4)cc3n12. The summed E-state index contributed by atoms with van der Waals surface area (Å²) in [6.07, 6.45) is 0.216. The predicted molar refractivity (Wildman–Crippen MR) is 158 cm³/mol. The molecule has 42 heavy (non-hydrogen) atoms. The number of fused-ring (bicyclic) bond motifs is 9. The summed E-state index contributed by atoms with van der Waals surface area (Å²) in [7, 11) is 15.7. The maximum absolute atomic E-state index is 15.2. The number of imidazole rings is 1. The van der Waals surface area contributed by atoms with Crippen LogP contribution >= 0.6 is 7.14 Å². The Bertz CT molecular complexity index is 1800. The lowest BCUT2D eigenvalue weighted by Gasteiger charge is -2.41. The summed E-state index contributed by atoms with van der Waals surface area (Å²) in [5.74, 6) is -0.810. The molecule has 13 heteroatoms. The van der Waals surface area contributed by atoms with Gasteiger partial charge in [-0.3, -0.25) is 4.79 Å². The fourth-order valence-electron chi connectivity index (χ4n) is 6.11. The third-order valence-electron chi connectivity index (χ3n) is 8.28. The van der Waals surface area contributed by atoms with Crippen LogP contribution < -0.4 is 4.74 Å². The lowest BCUT2D eigenvalue weighted by Crippen LogP contribution is -2.54. The Hall–Kier alpha value is -3.39. The van der Waals surface area contributed by atoms with Gasteiger partial charge in [0.25, 0.3) is 5.91 Å². The number of hydrogen-bond donors (Lipinski definition) is 0. The minimum Gasteiger partial charge on any atom is -0.434 e. The second kappa shape index (κ2) is 9.83. The van der Waals surface area contributed by atoms with E-state index in [1.807, 2.05) is 10.6 Å². The van der Waals surface area contributed by atoms with Gasteiger partial charge in [0.1, 0.15) is 17.4 Å². The average molecular weight is 583 g/mol. The van der Waals surface area contributed by atoms with Crippen LogP contribution in [0.3, 0.4) is 0 Å². The lowest BCUT2D eigenvalue weighted by molar-refractivity contribution is -0.0507. The average Bonchev–Trinajstić information content (AvgIpc) is 3.39. The Morgan fingerprint density at radius 2 is 1.74 bits per heavy atom. The van der Waals surface area contributed by atoms with E-state index in [2.05, 4.69) is 0 Å². The zero-order valence-electron chi connectivity index (χ0n) is 23.1. The van der Waals surface area contributed by atoms with E-state index in [1.54, 1.807) is 44.5 Å². The summed E-state index contributed by atoms with van der Waals surface area (Å²) in [5, 5.41) is -2.08. The molecule has 0 saturated heterocycles. The van der Waals surface area contributed by atoms with Crippen molar-refractivity contribution in [2.75, 3.05) is 13.3 Å². The van der Waals surface area contributed by atoms with Gasteiger partial charge in [-0.05, 0) is 60.4 Å². The lowest BCUT2D eigenvalue weighted by atomic mass is 9.48. The van der Waals surface area contributed by atoms with Crippen LogP contribution in [-0.2, 0) is 4.57 Å². The Kier molecular flexibility index (Phi) is 6.72. The standard InChI is InChI=1S/C29H24B3F3N3O3P/c1-14(42(2,3)40)17-9-7-15(11-19(17)33)16-8-10-20-21(12-16)37-22-13-23(26(37)36-20)38(29(30,31)32)27(39)18-5-4-6-24(25(18)22)41-28(34)35/h4-12,14,22-23,28H,13H2,1-3H3. The summed E-state index contributed by atoms with van der Waals surface area (Å²) in [5.41, 5.74) is 2.73. The highest BCUT2D eigenvalue weighted by Gasteiger charge is 2.48. The first-order valence-electron chi connectivity index (χ1n) is 13.3. The zero-order valence-corrected chi connectivity index (χ0v) is 24.0. The molecular weight excluding hydrogens is 559 g/mol. The summed E-state index contributed by atoms with van der Waals surface area (Å²) in [6, 6.07) is 13.1. The molecule has 0 aliphatic carbocycles. The Balaban J connectivity index is 1.54. The van der Waals surface area contributed by atoms with Gasteiger partial charge in [-0.2, -0.15) is 8.78 Å². The van der Waals surface area contributed by atoms with Gasteiger partial charge in [0.05, 0.1) is 53.8 Å². The van der Waals surface area contributed by atoms with Crippen LogP contribution in [0.5, 0.6) is 5.75 Å². The second-order valence-electron chi connectivity index (χ2n) is 11.3. The van der Waals surface area contributed by atoms with Gasteiger partial charge in [-0.25, -0.2) is 9.37 Å². The molecule has 6 nitrogen and oxygen atoms in total. The van der Waals surface area contributed by atoms with Crippen molar-refractivity contribution in [1.82, 2.24) is 14.5 Å². The maximum atomic E-state index is 15.2. The first kappa shape index (κ1) is 28.7. The van der Waals surface area contributed by atoms with Crippen molar-refractivity contribution in [2.24, 2.45) is 0 Å². The van der Waals surface area contributed by atoms with Crippen molar-refractivity contribution in [3.8, 4) is 16.9 Å². The smallest absolute Gasteiger partial charge is 0.387 e. The highest BCUT2D eigenvalue weighted by molar-refractivity contribution is 7.62. The molecule has 3 atom stereocenters. The third-order valence-corrected chi connectivity index (χ3v) is 10.4. The summed E-state index contributed by atoms with van der Waals surface area (Å²) in [4.78, 5) is 19.6. The number of carbonyl (C=O) groups excluding carboxylic acids is 1. The van der Waals surface area contributed by atoms with Crippen LogP contribution in [0.4, 0.5) is 13.2 Å². The molecule has 2 aliphatic rings. The van der Waals surface area contributed by atoms with Gasteiger partial charge in [0, 0.05) is 23.2 Å². The van der Waals surface area contributed by atoms with Crippen LogP contribution in [0.2, 0.25) is 0 Å². The summed E-state index contributed by atoms with van der Waals surface area (Å²) >= 11 is 0. The first-order valence-corrected chi connectivity index (χ1v) is 16.0. The predicted octanol–water partition coefficient (Wildman–Crippen LogP) is 5.73. The van der Waals surface area contributed by atoms with Crippen molar-refractivity contribution in [1.29, 1.82) is 0 Å². The molecule has 3 heterocycles. The number of ether oxygens (including phenoxy) is 1. The van der Waals surface area contributed by atoms with E-state index >= 15 is 4.39 Å². The molecule has 0 fully saturated rings. The molecule has 6 radical (unpaired) electrons. The molecule has 3 unspecified atom stereocenters. The minimum atomic E-state index is -3.12. The van der Waals surface area contributed by atoms with E-state index < -0.39 is 48.5 Å². The van der Waals surface area contributed by atoms with E-state index in [4.69, 9.17) is 33.3 Å². The fraction of sp³-hybridized carbons (Fsp3) is 0.310. The minimum absolute atomic E-state index is 0.0888. The zero-order chi connectivity index (χ0) is 30.3. The van der Waals surface area contributed by atoms with Gasteiger partial charge in [-0.15, -0.1) is 0 Å². The highest BCUT2D eigenvalue weighted by Crippen LogP contribution is 2.54. The Labute approximate surface area is 245 Å². The third kappa shape index (κ3) is 4.59. The number of halogens is 3. The van der Waals surface area contributed by atoms with Crippen molar-refractivity contribution in [2.45, 2.75) is 42.9 Å². The summed E-state index contributed by atoms with van der Waals surface area (Å²) < 4.78 is 61.4. The Morgan fingerprint density at radius 3 is 2.38 bits per heavy atom. The molecule has 6 rings (SSSR count). The van der Waals surface area contributed by atoms with E-state index in [9.17, 15) is 18.1 Å². The van der Waals surface area contributed by atoms with Crippen LogP contribution in [0, 0.1) is 5.82 Å². The molecule has 1 aromatic heterocycles. The molecule has 1 amide bonds. The topological polar surface area (TPSA) is 64.4 Å². The number of hydrogen-bond acceptors (Lipinski definition) is 4. The molecule has 0 spiro atoms. The van der Waals surface area contributed by atoms with E-state index in [-0.39, 0.29) is 23.3 Å². The van der Waals surface area contributed by atoms with Gasteiger partial charge >= 0.3 is 6.61 Å². The number of rotatable bonds is 6. The van der Waals surface area contributed by atoms with Gasteiger partial charge < -0.3 is 18.8 Å². The second-order valence-corrected chi connectivity index (χ2v) is 15.0. The molecule has 2 bridgehead atoms. The molecule has 4 aromatic rings. The van der Waals surface area contributed by atoms with Gasteiger partial charge in [-0.1, -0.05) is 36.4 Å². The van der Waals surface area contributed by atoms with Crippen LogP contribution in [0.25, 0.3) is 22.2 Å².